The molecule has 0 radical (unpaired) electrons. The maximum atomic E-state index is 6.03. The average Bonchev–Trinajstić information content (AvgIpc) is 2.63. The van der Waals surface area contributed by atoms with Crippen LogP contribution in [-0.2, 0) is 4.74 Å². The fourth-order valence-corrected chi connectivity index (χ4v) is 2.68. The molecule has 0 bridgehead atoms. The van der Waals surface area contributed by atoms with Crippen molar-refractivity contribution in [3.05, 3.63) is 53.6 Å². The second-order valence-electron chi connectivity index (χ2n) is 6.51. The summed E-state index contributed by atoms with van der Waals surface area (Å²) >= 11 is 0. The summed E-state index contributed by atoms with van der Waals surface area (Å²) in [7, 11) is 0. The van der Waals surface area contributed by atoms with Gasteiger partial charge in [-0.3, -0.25) is 0 Å². The van der Waals surface area contributed by atoms with Gasteiger partial charge in [0.05, 0.1) is 12.3 Å². The fourth-order valence-electron chi connectivity index (χ4n) is 2.68. The molecule has 0 aromatic heterocycles. The first-order chi connectivity index (χ1) is 12.6. The Bertz CT molecular complexity index is 670. The monoisotopic (exact) mass is 357 g/mol. The number of para-hydroxylation sites is 2. The van der Waals surface area contributed by atoms with Gasteiger partial charge in [-0.25, -0.2) is 0 Å². The summed E-state index contributed by atoms with van der Waals surface area (Å²) in [6, 6.07) is 14.4. The van der Waals surface area contributed by atoms with Gasteiger partial charge in [0.2, 0.25) is 0 Å². The molecular formula is C22H31NO3. The second kappa shape index (κ2) is 10.7. The maximum absolute atomic E-state index is 6.03. The van der Waals surface area contributed by atoms with E-state index in [9.17, 15) is 0 Å². The molecule has 2 aromatic carbocycles. The minimum Gasteiger partial charge on any atom is -0.491 e. The molecule has 0 aliphatic heterocycles. The molecule has 1 N–H and O–H groups in total. The SMILES string of the molecule is CCOCCOc1ccccc1NCCOc1cc(C)ccc1C(C)C. The van der Waals surface area contributed by atoms with Crippen molar-refractivity contribution in [1.29, 1.82) is 0 Å². The van der Waals surface area contributed by atoms with E-state index in [1.807, 2.05) is 31.2 Å². The van der Waals surface area contributed by atoms with Gasteiger partial charge in [0.25, 0.3) is 0 Å². The van der Waals surface area contributed by atoms with Crippen LogP contribution in [0.5, 0.6) is 11.5 Å². The number of anilines is 1. The standard InChI is InChI=1S/C22H31NO3/c1-5-24-14-15-26-21-9-7-6-8-20(21)23-12-13-25-22-16-18(4)10-11-19(22)17(2)3/h6-11,16-17,23H,5,12-15H2,1-4H3. The van der Waals surface area contributed by atoms with Gasteiger partial charge >= 0.3 is 0 Å². The van der Waals surface area contributed by atoms with Crippen LogP contribution in [0.4, 0.5) is 5.69 Å². The molecule has 4 heteroatoms. The van der Waals surface area contributed by atoms with E-state index >= 15 is 0 Å². The molecule has 0 atom stereocenters. The molecular weight excluding hydrogens is 326 g/mol. The van der Waals surface area contributed by atoms with Crippen LogP contribution in [0.15, 0.2) is 42.5 Å². The normalized spacial score (nSPS) is 10.8. The number of benzene rings is 2. The Balaban J connectivity index is 1.86. The van der Waals surface area contributed by atoms with E-state index in [-0.39, 0.29) is 0 Å². The lowest BCUT2D eigenvalue weighted by Crippen LogP contribution is -2.14. The Kier molecular flexibility index (Phi) is 8.29. The Morgan fingerprint density at radius 1 is 0.923 bits per heavy atom. The van der Waals surface area contributed by atoms with E-state index in [1.165, 1.54) is 11.1 Å². The molecule has 0 heterocycles. The molecule has 0 aliphatic carbocycles. The van der Waals surface area contributed by atoms with E-state index < -0.39 is 0 Å². The molecule has 0 aliphatic rings. The summed E-state index contributed by atoms with van der Waals surface area (Å²) in [5.74, 6) is 2.26. The highest BCUT2D eigenvalue weighted by Gasteiger charge is 2.08. The minimum atomic E-state index is 0.443. The number of nitrogens with one attached hydrogen (secondary N) is 1. The van der Waals surface area contributed by atoms with Gasteiger partial charge in [-0.1, -0.05) is 38.1 Å². The van der Waals surface area contributed by atoms with Crippen molar-refractivity contribution < 1.29 is 14.2 Å². The number of hydrogen-bond acceptors (Lipinski definition) is 4. The molecule has 142 valence electrons. The first kappa shape index (κ1) is 20.1. The first-order valence-corrected chi connectivity index (χ1v) is 9.38. The Morgan fingerprint density at radius 3 is 2.46 bits per heavy atom. The third-order valence-corrected chi connectivity index (χ3v) is 4.04. The lowest BCUT2D eigenvalue weighted by Gasteiger charge is -2.16. The van der Waals surface area contributed by atoms with Gasteiger partial charge in [-0.2, -0.15) is 0 Å². The van der Waals surface area contributed by atoms with E-state index in [4.69, 9.17) is 14.2 Å². The first-order valence-electron chi connectivity index (χ1n) is 9.38. The van der Waals surface area contributed by atoms with Crippen LogP contribution in [0.3, 0.4) is 0 Å². The largest absolute Gasteiger partial charge is 0.491 e. The van der Waals surface area contributed by atoms with E-state index in [0.29, 0.717) is 38.9 Å². The van der Waals surface area contributed by atoms with Crippen LogP contribution >= 0.6 is 0 Å². The molecule has 0 saturated heterocycles. The molecule has 2 rings (SSSR count). The number of hydrogen-bond donors (Lipinski definition) is 1. The topological polar surface area (TPSA) is 39.7 Å². The lowest BCUT2D eigenvalue weighted by atomic mass is 10.0. The zero-order valence-electron chi connectivity index (χ0n) is 16.4. The number of aryl methyl sites for hydroxylation is 1. The Labute approximate surface area is 157 Å². The minimum absolute atomic E-state index is 0.443. The molecule has 0 fully saturated rings. The van der Waals surface area contributed by atoms with Gasteiger partial charge in [-0.15, -0.1) is 0 Å². The lowest BCUT2D eigenvalue weighted by molar-refractivity contribution is 0.110. The van der Waals surface area contributed by atoms with Crippen molar-refractivity contribution >= 4 is 5.69 Å². The Hall–Kier alpha value is -2.20. The zero-order valence-corrected chi connectivity index (χ0v) is 16.4. The smallest absolute Gasteiger partial charge is 0.142 e. The number of rotatable bonds is 11. The highest BCUT2D eigenvalue weighted by atomic mass is 16.5. The summed E-state index contributed by atoms with van der Waals surface area (Å²) < 4.78 is 17.1. The fraction of sp³-hybridized carbons (Fsp3) is 0.455. The number of ether oxygens (including phenoxy) is 3. The predicted molar refractivity (Wildman–Crippen MR) is 108 cm³/mol. The molecule has 0 unspecified atom stereocenters. The molecule has 4 nitrogen and oxygen atoms in total. The molecule has 2 aromatic rings. The maximum Gasteiger partial charge on any atom is 0.142 e. The summed E-state index contributed by atoms with van der Waals surface area (Å²) in [5.41, 5.74) is 3.43. The van der Waals surface area contributed by atoms with Crippen molar-refractivity contribution in [3.8, 4) is 11.5 Å². The van der Waals surface area contributed by atoms with E-state index in [2.05, 4.69) is 44.3 Å². The predicted octanol–water partition coefficient (Wildman–Crippen LogP) is 5.02. The third-order valence-electron chi connectivity index (χ3n) is 4.04. The van der Waals surface area contributed by atoms with Crippen LogP contribution in [-0.4, -0.2) is 33.0 Å². The molecule has 26 heavy (non-hydrogen) atoms. The third kappa shape index (κ3) is 6.26. The molecule has 0 spiro atoms. The van der Waals surface area contributed by atoms with Crippen LogP contribution in [0, 0.1) is 6.92 Å². The molecule has 0 saturated carbocycles. The highest BCUT2D eigenvalue weighted by Crippen LogP contribution is 2.27. The highest BCUT2D eigenvalue weighted by molar-refractivity contribution is 5.56. The summed E-state index contributed by atoms with van der Waals surface area (Å²) in [4.78, 5) is 0. The summed E-state index contributed by atoms with van der Waals surface area (Å²) in [5, 5.41) is 3.40. The average molecular weight is 357 g/mol. The van der Waals surface area contributed by atoms with Crippen LogP contribution in [0.1, 0.15) is 37.8 Å². The van der Waals surface area contributed by atoms with Gasteiger partial charge in [0.15, 0.2) is 0 Å². The zero-order chi connectivity index (χ0) is 18.8. The van der Waals surface area contributed by atoms with Crippen molar-refractivity contribution in [2.45, 2.75) is 33.6 Å². The Morgan fingerprint density at radius 2 is 1.69 bits per heavy atom. The van der Waals surface area contributed by atoms with Crippen LogP contribution < -0.4 is 14.8 Å². The summed E-state index contributed by atoms with van der Waals surface area (Å²) in [6.07, 6.45) is 0. The second-order valence-corrected chi connectivity index (χ2v) is 6.51. The van der Waals surface area contributed by atoms with Gasteiger partial charge in [0, 0.05) is 13.2 Å². The van der Waals surface area contributed by atoms with Crippen molar-refractivity contribution in [2.75, 3.05) is 38.3 Å². The van der Waals surface area contributed by atoms with Gasteiger partial charge < -0.3 is 19.5 Å². The van der Waals surface area contributed by atoms with Gasteiger partial charge in [0.1, 0.15) is 24.7 Å². The van der Waals surface area contributed by atoms with Crippen molar-refractivity contribution in [2.24, 2.45) is 0 Å². The van der Waals surface area contributed by atoms with Crippen molar-refractivity contribution in [3.63, 3.8) is 0 Å². The van der Waals surface area contributed by atoms with Gasteiger partial charge in [-0.05, 0) is 49.1 Å². The van der Waals surface area contributed by atoms with Crippen molar-refractivity contribution in [1.82, 2.24) is 0 Å². The van der Waals surface area contributed by atoms with Crippen LogP contribution in [0.2, 0.25) is 0 Å². The summed E-state index contributed by atoms with van der Waals surface area (Å²) in [6.45, 7) is 11.6. The van der Waals surface area contributed by atoms with E-state index in [1.54, 1.807) is 0 Å². The van der Waals surface area contributed by atoms with E-state index in [0.717, 1.165) is 17.2 Å². The quantitative estimate of drug-likeness (QED) is 0.573. The molecule has 0 amide bonds. The van der Waals surface area contributed by atoms with Crippen LogP contribution in [0.25, 0.3) is 0 Å².